The van der Waals surface area contributed by atoms with Gasteiger partial charge in [-0.1, -0.05) is 24.3 Å². The summed E-state index contributed by atoms with van der Waals surface area (Å²) in [5.41, 5.74) is 9.01. The Morgan fingerprint density at radius 2 is 2.03 bits per heavy atom. The predicted molar refractivity (Wildman–Crippen MR) is 123 cm³/mol. The lowest BCUT2D eigenvalue weighted by molar-refractivity contribution is -0.121. The molecule has 0 unspecified atom stereocenters. The van der Waals surface area contributed by atoms with Crippen molar-refractivity contribution in [3.8, 4) is 17.5 Å². The Morgan fingerprint density at radius 1 is 1.26 bits per heavy atom. The number of halogens is 1. The van der Waals surface area contributed by atoms with Gasteiger partial charge in [-0.25, -0.2) is 4.68 Å². The number of benzene rings is 2. The van der Waals surface area contributed by atoms with Gasteiger partial charge < -0.3 is 15.8 Å². The van der Waals surface area contributed by atoms with E-state index in [1.807, 2.05) is 48.5 Å². The van der Waals surface area contributed by atoms with Crippen LogP contribution in [0.3, 0.4) is 0 Å². The molecule has 0 fully saturated rings. The normalized spacial score (nSPS) is 10.5. The molecule has 0 atom stereocenters. The summed E-state index contributed by atoms with van der Waals surface area (Å²) in [6.07, 6.45) is 2.27. The van der Waals surface area contributed by atoms with Gasteiger partial charge >= 0.3 is 0 Å². The molecule has 3 rings (SSSR count). The molecule has 0 aliphatic carbocycles. The number of para-hydroxylation sites is 1. The molecule has 3 N–H and O–H groups in total. The topological polar surface area (TPSA) is 106 Å². The summed E-state index contributed by atoms with van der Waals surface area (Å²) in [6, 6.07) is 17.4. The van der Waals surface area contributed by atoms with Gasteiger partial charge in [0.25, 0.3) is 0 Å². The minimum atomic E-state index is -0.0122. The smallest absolute Gasteiger partial charge is 0.220 e. The molecule has 0 radical (unpaired) electrons. The molecule has 0 saturated carbocycles. The number of nitrogens with one attached hydrogen (secondary N) is 1. The highest BCUT2D eigenvalue weighted by Crippen LogP contribution is 2.26. The van der Waals surface area contributed by atoms with E-state index in [0.29, 0.717) is 49.3 Å². The summed E-state index contributed by atoms with van der Waals surface area (Å²) in [6.45, 7) is 0.508. The number of aromatic nitrogens is 2. The highest BCUT2D eigenvalue weighted by Gasteiger charge is 2.16. The number of hydrogen-bond donors (Lipinski definition) is 2. The fourth-order valence-electron chi connectivity index (χ4n) is 3.24. The van der Waals surface area contributed by atoms with Crippen LogP contribution in [0, 0.1) is 11.3 Å². The molecule has 160 valence electrons. The molecule has 1 aromatic heterocycles. The highest BCUT2D eigenvalue weighted by atomic mass is 79.9. The van der Waals surface area contributed by atoms with Gasteiger partial charge in [0.15, 0.2) is 0 Å². The van der Waals surface area contributed by atoms with E-state index in [1.54, 1.807) is 11.8 Å². The van der Waals surface area contributed by atoms with Crippen molar-refractivity contribution >= 4 is 27.7 Å². The number of nitriles is 1. The summed E-state index contributed by atoms with van der Waals surface area (Å²) in [4.78, 5) is 12.2. The lowest BCUT2D eigenvalue weighted by atomic mass is 10.1. The van der Waals surface area contributed by atoms with E-state index >= 15 is 0 Å². The maximum absolute atomic E-state index is 12.2. The van der Waals surface area contributed by atoms with Gasteiger partial charge in [-0.2, -0.15) is 10.4 Å². The number of amides is 1. The monoisotopic (exact) mass is 481 g/mol. The summed E-state index contributed by atoms with van der Waals surface area (Å²) >= 11 is 3.46. The summed E-state index contributed by atoms with van der Waals surface area (Å²) in [5.74, 6) is 1.08. The largest absolute Gasteiger partial charge is 0.496 e. The van der Waals surface area contributed by atoms with Crippen LogP contribution in [0.25, 0.3) is 5.69 Å². The molecule has 2 aromatic carbocycles. The average Bonchev–Trinajstić information content (AvgIpc) is 3.11. The van der Waals surface area contributed by atoms with Gasteiger partial charge in [-0.3, -0.25) is 4.79 Å². The number of methoxy groups -OCH3 is 1. The Hall–Kier alpha value is -3.31. The zero-order valence-corrected chi connectivity index (χ0v) is 18.9. The number of carbonyl (C=O) groups is 1. The van der Waals surface area contributed by atoms with E-state index in [4.69, 9.17) is 10.5 Å². The van der Waals surface area contributed by atoms with Gasteiger partial charge in [0, 0.05) is 13.0 Å². The van der Waals surface area contributed by atoms with Crippen LogP contribution in [0.15, 0.2) is 53.0 Å². The van der Waals surface area contributed by atoms with Crippen LogP contribution in [-0.2, 0) is 17.6 Å². The molecule has 0 aliphatic heterocycles. The van der Waals surface area contributed by atoms with Gasteiger partial charge in [0.1, 0.15) is 23.2 Å². The Morgan fingerprint density at radius 3 is 2.71 bits per heavy atom. The molecular weight excluding hydrogens is 458 g/mol. The molecule has 0 saturated heterocycles. The van der Waals surface area contributed by atoms with E-state index in [1.165, 1.54) is 0 Å². The van der Waals surface area contributed by atoms with Crippen molar-refractivity contribution in [1.82, 2.24) is 15.1 Å². The minimum Gasteiger partial charge on any atom is -0.496 e. The van der Waals surface area contributed by atoms with E-state index < -0.39 is 0 Å². The lowest BCUT2D eigenvalue weighted by Crippen LogP contribution is -2.25. The van der Waals surface area contributed by atoms with E-state index in [0.717, 1.165) is 21.5 Å². The van der Waals surface area contributed by atoms with Crippen molar-refractivity contribution in [2.45, 2.75) is 25.7 Å². The number of carbonyl (C=O) groups excluding carboxylic acids is 1. The molecule has 8 heteroatoms. The number of nitrogens with two attached hydrogens (primary N) is 1. The van der Waals surface area contributed by atoms with Crippen LogP contribution < -0.4 is 15.8 Å². The molecule has 0 spiro atoms. The Bertz CT molecular complexity index is 1090. The fraction of sp³-hybridized carbons (Fsp3) is 0.261. The molecule has 31 heavy (non-hydrogen) atoms. The van der Waals surface area contributed by atoms with Gasteiger partial charge in [0.05, 0.1) is 23.0 Å². The first-order chi connectivity index (χ1) is 15.0. The van der Waals surface area contributed by atoms with E-state index in [-0.39, 0.29) is 5.91 Å². The molecule has 7 nitrogen and oxygen atoms in total. The van der Waals surface area contributed by atoms with Crippen molar-refractivity contribution in [3.63, 3.8) is 0 Å². The molecule has 1 heterocycles. The number of hydrogen-bond acceptors (Lipinski definition) is 5. The zero-order chi connectivity index (χ0) is 22.2. The number of aryl methyl sites for hydroxylation is 2. The first-order valence-electron chi connectivity index (χ1n) is 9.95. The third-order valence-corrected chi connectivity index (χ3v) is 5.50. The van der Waals surface area contributed by atoms with Crippen LogP contribution in [0.1, 0.15) is 29.7 Å². The maximum Gasteiger partial charge on any atom is 0.220 e. The number of nitrogen functional groups attached to an aromatic ring is 1. The van der Waals surface area contributed by atoms with Crippen LogP contribution in [0.2, 0.25) is 0 Å². The summed E-state index contributed by atoms with van der Waals surface area (Å²) < 4.78 is 7.67. The van der Waals surface area contributed by atoms with Gasteiger partial charge in [-0.05, 0) is 65.0 Å². The highest BCUT2D eigenvalue weighted by molar-refractivity contribution is 9.10. The maximum atomic E-state index is 12.2. The second-order valence-corrected chi connectivity index (χ2v) is 7.84. The molecule has 3 aromatic rings. The zero-order valence-electron chi connectivity index (χ0n) is 17.3. The van der Waals surface area contributed by atoms with E-state index in [2.05, 4.69) is 32.4 Å². The predicted octanol–water partition coefficient (Wildman–Crippen LogP) is 3.78. The van der Waals surface area contributed by atoms with Gasteiger partial charge in [0.2, 0.25) is 5.91 Å². The standard InChI is InChI=1S/C23H24BrN5O2/c1-31-21-11-9-16(14-19(21)24)10-12-22(30)27-13-5-8-20-18(15-25)23(26)29(28-20)17-6-3-2-4-7-17/h2-4,6-7,9,11,14H,5,8,10,12-13,26H2,1H3,(H,27,30). The molecule has 1 amide bonds. The van der Waals surface area contributed by atoms with Crippen molar-refractivity contribution in [1.29, 1.82) is 5.26 Å². The Labute approximate surface area is 189 Å². The first-order valence-corrected chi connectivity index (χ1v) is 10.7. The van der Waals surface area contributed by atoms with Crippen LogP contribution >= 0.6 is 15.9 Å². The molecule has 0 aliphatic rings. The second kappa shape index (κ2) is 10.6. The Balaban J connectivity index is 1.49. The van der Waals surface area contributed by atoms with Crippen LogP contribution in [0.5, 0.6) is 5.75 Å². The first kappa shape index (κ1) is 22.4. The summed E-state index contributed by atoms with van der Waals surface area (Å²) in [5, 5.41) is 16.9. The van der Waals surface area contributed by atoms with Gasteiger partial charge in [-0.15, -0.1) is 0 Å². The van der Waals surface area contributed by atoms with Crippen LogP contribution in [-0.4, -0.2) is 29.3 Å². The number of anilines is 1. The fourth-order valence-corrected chi connectivity index (χ4v) is 3.82. The second-order valence-electron chi connectivity index (χ2n) is 6.99. The summed E-state index contributed by atoms with van der Waals surface area (Å²) in [7, 11) is 1.62. The van der Waals surface area contributed by atoms with Crippen molar-refractivity contribution in [2.75, 3.05) is 19.4 Å². The third kappa shape index (κ3) is 5.64. The number of rotatable bonds is 9. The Kier molecular flexibility index (Phi) is 7.68. The number of nitrogens with zero attached hydrogens (tertiary/aromatic N) is 3. The third-order valence-electron chi connectivity index (χ3n) is 4.88. The molecular formula is C23H24BrN5O2. The van der Waals surface area contributed by atoms with Crippen molar-refractivity contribution in [2.24, 2.45) is 0 Å². The minimum absolute atomic E-state index is 0.0122. The van der Waals surface area contributed by atoms with Crippen LogP contribution in [0.4, 0.5) is 5.82 Å². The van der Waals surface area contributed by atoms with E-state index in [9.17, 15) is 10.1 Å². The van der Waals surface area contributed by atoms with Crippen molar-refractivity contribution < 1.29 is 9.53 Å². The molecule has 0 bridgehead atoms. The quantitative estimate of drug-likeness (QED) is 0.452. The SMILES string of the molecule is COc1ccc(CCC(=O)NCCCc2nn(-c3ccccc3)c(N)c2C#N)cc1Br. The number of ether oxygens (including phenoxy) is 1. The van der Waals surface area contributed by atoms with Crippen molar-refractivity contribution in [3.05, 3.63) is 69.8 Å². The lowest BCUT2D eigenvalue weighted by Gasteiger charge is -2.07. The average molecular weight is 482 g/mol.